The number of nitrogens with one attached hydrogen (secondary N) is 1. The summed E-state index contributed by atoms with van der Waals surface area (Å²) in [6.45, 7) is 0.220. The van der Waals surface area contributed by atoms with Crippen LogP contribution < -0.4 is 10.9 Å². The van der Waals surface area contributed by atoms with Crippen LogP contribution in [-0.2, 0) is 16.0 Å². The highest BCUT2D eigenvalue weighted by Crippen LogP contribution is 2.44. The van der Waals surface area contributed by atoms with E-state index in [0.29, 0.717) is 6.42 Å². The van der Waals surface area contributed by atoms with Crippen molar-refractivity contribution in [3.8, 4) is 11.1 Å². The van der Waals surface area contributed by atoms with Crippen molar-refractivity contribution in [2.45, 2.75) is 18.4 Å². The Bertz CT molecular complexity index is 991. The molecule has 0 saturated heterocycles. The molecule has 1 aliphatic carbocycles. The van der Waals surface area contributed by atoms with Gasteiger partial charge in [-0.15, -0.1) is 0 Å². The zero-order valence-electron chi connectivity index (χ0n) is 16.2. The number of ether oxygens (including phenoxy) is 1. The maximum atomic E-state index is 12.3. The fourth-order valence-corrected chi connectivity index (χ4v) is 3.80. The Morgan fingerprint density at radius 3 is 2.31 bits per heavy atom. The standard InChI is InChI=1S/C23H21BN2O3/c24-22-10-9-15(12-25-22)11-16(13-27)26-23(28)29-14-21-19-7-3-1-5-17(19)18-6-2-4-8-20(18)21/h1-10,12-13,16,21H,11,14,24H2,(H,26,28)/t16-/m0/s1. The first kappa shape index (κ1) is 18.9. The van der Waals surface area contributed by atoms with Crippen LogP contribution in [0, 0.1) is 0 Å². The van der Waals surface area contributed by atoms with E-state index in [2.05, 4.69) is 34.6 Å². The molecule has 4 rings (SSSR count). The first-order valence-corrected chi connectivity index (χ1v) is 9.64. The van der Waals surface area contributed by atoms with E-state index in [4.69, 9.17) is 4.74 Å². The molecule has 0 radical (unpaired) electrons. The number of carbonyl (C=O) groups excluding carboxylic acids is 2. The van der Waals surface area contributed by atoms with Gasteiger partial charge in [0.05, 0.1) is 6.04 Å². The average molecular weight is 384 g/mol. The molecule has 1 amide bonds. The van der Waals surface area contributed by atoms with Gasteiger partial charge < -0.3 is 14.8 Å². The molecule has 2 aromatic carbocycles. The highest BCUT2D eigenvalue weighted by molar-refractivity contribution is 6.30. The number of hydrogen-bond acceptors (Lipinski definition) is 4. The van der Waals surface area contributed by atoms with E-state index in [9.17, 15) is 9.59 Å². The summed E-state index contributed by atoms with van der Waals surface area (Å²) < 4.78 is 5.50. The molecule has 0 saturated carbocycles. The molecular formula is C23H21BN2O3. The van der Waals surface area contributed by atoms with Crippen molar-refractivity contribution in [2.75, 3.05) is 6.61 Å². The lowest BCUT2D eigenvalue weighted by Gasteiger charge is -2.16. The lowest BCUT2D eigenvalue weighted by molar-refractivity contribution is -0.109. The SMILES string of the molecule is Bc1ccc(C[C@@H](C=O)NC(=O)OCC2c3ccccc3-c3ccccc32)cn1. The van der Waals surface area contributed by atoms with Crippen LogP contribution in [0.15, 0.2) is 66.9 Å². The maximum absolute atomic E-state index is 12.3. The zero-order chi connectivity index (χ0) is 20.2. The van der Waals surface area contributed by atoms with Crippen LogP contribution in [0.4, 0.5) is 4.79 Å². The molecule has 1 atom stereocenters. The predicted octanol–water partition coefficient (Wildman–Crippen LogP) is 1.99. The Morgan fingerprint density at radius 1 is 1.07 bits per heavy atom. The van der Waals surface area contributed by atoms with Crippen molar-refractivity contribution in [1.82, 2.24) is 10.3 Å². The van der Waals surface area contributed by atoms with E-state index in [-0.39, 0.29) is 12.5 Å². The molecule has 0 fully saturated rings. The topological polar surface area (TPSA) is 68.3 Å². The van der Waals surface area contributed by atoms with Crippen LogP contribution in [0.5, 0.6) is 0 Å². The molecular weight excluding hydrogens is 363 g/mol. The van der Waals surface area contributed by atoms with E-state index in [1.807, 2.05) is 44.2 Å². The summed E-state index contributed by atoms with van der Waals surface area (Å²) >= 11 is 0. The van der Waals surface area contributed by atoms with Crippen LogP contribution in [0.1, 0.15) is 22.6 Å². The van der Waals surface area contributed by atoms with Crippen molar-refractivity contribution in [2.24, 2.45) is 0 Å². The monoisotopic (exact) mass is 384 g/mol. The summed E-state index contributed by atoms with van der Waals surface area (Å²) in [6.07, 6.45) is 2.22. The summed E-state index contributed by atoms with van der Waals surface area (Å²) in [5, 5.41) is 2.64. The fourth-order valence-electron chi connectivity index (χ4n) is 3.80. The molecule has 0 bridgehead atoms. The van der Waals surface area contributed by atoms with Gasteiger partial charge in [-0.2, -0.15) is 0 Å². The molecule has 5 nitrogen and oxygen atoms in total. The Labute approximate surface area is 170 Å². The molecule has 6 heteroatoms. The number of fused-ring (bicyclic) bond motifs is 3. The number of benzene rings is 2. The summed E-state index contributed by atoms with van der Waals surface area (Å²) in [5.74, 6) is -0.0101. The van der Waals surface area contributed by atoms with Crippen LogP contribution in [-0.4, -0.2) is 37.9 Å². The van der Waals surface area contributed by atoms with Gasteiger partial charge >= 0.3 is 6.09 Å². The molecule has 144 valence electrons. The quantitative estimate of drug-likeness (QED) is 0.522. The molecule has 1 aromatic heterocycles. The van der Waals surface area contributed by atoms with Crippen LogP contribution in [0.25, 0.3) is 11.1 Å². The number of pyridine rings is 1. The van der Waals surface area contributed by atoms with Gasteiger partial charge in [0.1, 0.15) is 12.9 Å². The molecule has 0 spiro atoms. The van der Waals surface area contributed by atoms with Crippen molar-refractivity contribution in [3.05, 3.63) is 83.6 Å². The molecule has 29 heavy (non-hydrogen) atoms. The molecule has 1 N–H and O–H groups in total. The number of amides is 1. The normalized spacial score (nSPS) is 13.2. The third kappa shape index (κ3) is 4.06. The lowest BCUT2D eigenvalue weighted by atomic mass is 9.98. The number of aldehydes is 1. The molecule has 1 heterocycles. The number of rotatable bonds is 6. The van der Waals surface area contributed by atoms with Gasteiger partial charge in [0.15, 0.2) is 7.85 Å². The summed E-state index contributed by atoms with van der Waals surface area (Å²) in [4.78, 5) is 28.0. The van der Waals surface area contributed by atoms with Crippen LogP contribution >= 0.6 is 0 Å². The Hall–Kier alpha value is -3.41. The maximum Gasteiger partial charge on any atom is 0.407 e. The molecule has 3 aromatic rings. The number of hydrogen-bond donors (Lipinski definition) is 1. The van der Waals surface area contributed by atoms with Crippen molar-refractivity contribution >= 4 is 25.8 Å². The second kappa shape index (κ2) is 8.31. The Kier molecular flexibility index (Phi) is 5.43. The molecule has 1 aliphatic rings. The first-order chi connectivity index (χ1) is 14.2. The molecule has 0 aliphatic heterocycles. The Balaban J connectivity index is 1.40. The van der Waals surface area contributed by atoms with Crippen LogP contribution in [0.2, 0.25) is 0 Å². The smallest absolute Gasteiger partial charge is 0.407 e. The number of alkyl carbamates (subject to hydrolysis) is 1. The van der Waals surface area contributed by atoms with Gasteiger partial charge in [0.2, 0.25) is 0 Å². The largest absolute Gasteiger partial charge is 0.449 e. The van der Waals surface area contributed by atoms with E-state index in [1.165, 1.54) is 11.1 Å². The lowest BCUT2D eigenvalue weighted by Crippen LogP contribution is -2.38. The van der Waals surface area contributed by atoms with Crippen molar-refractivity contribution in [1.29, 1.82) is 0 Å². The first-order valence-electron chi connectivity index (χ1n) is 9.64. The second-order valence-corrected chi connectivity index (χ2v) is 7.22. The van der Waals surface area contributed by atoms with Crippen molar-refractivity contribution in [3.63, 3.8) is 0 Å². The highest BCUT2D eigenvalue weighted by atomic mass is 16.5. The minimum atomic E-state index is -0.657. The minimum Gasteiger partial charge on any atom is -0.449 e. The van der Waals surface area contributed by atoms with Gasteiger partial charge in [-0.05, 0) is 33.4 Å². The fraction of sp³-hybridized carbons (Fsp3) is 0.174. The van der Waals surface area contributed by atoms with E-state index in [0.717, 1.165) is 28.6 Å². The van der Waals surface area contributed by atoms with Gasteiger partial charge in [0.25, 0.3) is 0 Å². The van der Waals surface area contributed by atoms with E-state index in [1.54, 1.807) is 6.20 Å². The van der Waals surface area contributed by atoms with Gasteiger partial charge in [-0.25, -0.2) is 4.79 Å². The van der Waals surface area contributed by atoms with Gasteiger partial charge in [-0.1, -0.05) is 60.7 Å². The predicted molar refractivity (Wildman–Crippen MR) is 114 cm³/mol. The van der Waals surface area contributed by atoms with Crippen LogP contribution in [0.3, 0.4) is 0 Å². The second-order valence-electron chi connectivity index (χ2n) is 7.22. The third-order valence-electron chi connectivity index (χ3n) is 5.24. The summed E-state index contributed by atoms with van der Waals surface area (Å²) in [6, 6.07) is 19.5. The summed E-state index contributed by atoms with van der Waals surface area (Å²) in [7, 11) is 1.90. The Morgan fingerprint density at radius 2 is 1.72 bits per heavy atom. The number of nitrogens with zero attached hydrogens (tertiary/aromatic N) is 1. The van der Waals surface area contributed by atoms with E-state index < -0.39 is 12.1 Å². The van der Waals surface area contributed by atoms with E-state index >= 15 is 0 Å². The van der Waals surface area contributed by atoms with Gasteiger partial charge in [0, 0.05) is 18.5 Å². The molecule has 0 unspecified atom stereocenters. The minimum absolute atomic E-state index is 0.0101. The zero-order valence-corrected chi connectivity index (χ0v) is 16.2. The summed E-state index contributed by atoms with van der Waals surface area (Å²) in [5.41, 5.74) is 6.44. The number of aromatic nitrogens is 1. The number of carbonyl (C=O) groups is 2. The van der Waals surface area contributed by atoms with Crippen molar-refractivity contribution < 1.29 is 14.3 Å². The third-order valence-corrected chi connectivity index (χ3v) is 5.24. The highest BCUT2D eigenvalue weighted by Gasteiger charge is 2.29. The van der Waals surface area contributed by atoms with Gasteiger partial charge in [-0.3, -0.25) is 4.98 Å². The average Bonchev–Trinajstić information content (AvgIpc) is 3.07.